The third kappa shape index (κ3) is 8.98. The van der Waals surface area contributed by atoms with E-state index in [4.69, 9.17) is 30.2 Å². The maximum atomic E-state index is 13.2. The van der Waals surface area contributed by atoms with Crippen LogP contribution in [0.2, 0.25) is 18.1 Å². The molecule has 214 valence electrons. The number of carbonyl (C=O) groups excluding carboxylic acids is 3. The van der Waals surface area contributed by atoms with Gasteiger partial charge >= 0.3 is 18.0 Å². The van der Waals surface area contributed by atoms with Crippen molar-refractivity contribution in [1.82, 2.24) is 4.90 Å². The summed E-state index contributed by atoms with van der Waals surface area (Å²) >= 11 is 5.62. The first kappa shape index (κ1) is 32.1. The predicted molar refractivity (Wildman–Crippen MR) is 150 cm³/mol. The third-order valence-corrected chi connectivity index (χ3v) is 11.6. The average Bonchev–Trinajstić information content (AvgIpc) is 3.20. The quantitative estimate of drug-likeness (QED) is 0.144. The van der Waals surface area contributed by atoms with Crippen LogP contribution in [0.5, 0.6) is 0 Å². The van der Waals surface area contributed by atoms with Gasteiger partial charge in [0, 0.05) is 6.54 Å². The van der Waals surface area contributed by atoms with E-state index in [0.717, 1.165) is 5.56 Å². The van der Waals surface area contributed by atoms with Crippen molar-refractivity contribution in [2.75, 3.05) is 19.0 Å². The van der Waals surface area contributed by atoms with Crippen LogP contribution in [-0.4, -0.2) is 62.0 Å². The van der Waals surface area contributed by atoms with Gasteiger partial charge < -0.3 is 18.6 Å². The Hall–Kier alpha value is -2.10. The van der Waals surface area contributed by atoms with Gasteiger partial charge in [0.2, 0.25) is 0 Å². The fraction of sp³-hybridized carbons (Fsp3) is 0.679. The van der Waals surface area contributed by atoms with Gasteiger partial charge in [-0.2, -0.15) is 0 Å². The second kappa shape index (κ2) is 12.8. The summed E-state index contributed by atoms with van der Waals surface area (Å²) in [5.41, 5.74) is 0.909. The van der Waals surface area contributed by atoms with Gasteiger partial charge in [-0.25, -0.2) is 4.79 Å². The summed E-state index contributed by atoms with van der Waals surface area (Å²) in [7, 11) is -2.06. The number of nitrogens with zero attached hydrogens (tertiary/aromatic N) is 1. The first-order valence-electron chi connectivity index (χ1n) is 13.2. The second-order valence-electron chi connectivity index (χ2n) is 12.2. The van der Waals surface area contributed by atoms with Gasteiger partial charge in [0.05, 0.1) is 25.2 Å². The van der Waals surface area contributed by atoms with Gasteiger partial charge in [0.25, 0.3) is 0 Å². The molecule has 1 aromatic carbocycles. The van der Waals surface area contributed by atoms with E-state index in [1.807, 2.05) is 32.9 Å². The minimum absolute atomic E-state index is 0.0396. The van der Waals surface area contributed by atoms with E-state index in [0.29, 0.717) is 18.5 Å². The molecule has 1 aliphatic rings. The van der Waals surface area contributed by atoms with Crippen molar-refractivity contribution >= 4 is 38.0 Å². The fourth-order valence-electron chi connectivity index (χ4n) is 4.04. The van der Waals surface area contributed by atoms with E-state index >= 15 is 0 Å². The van der Waals surface area contributed by atoms with Crippen LogP contribution < -0.4 is 0 Å². The smallest absolute Gasteiger partial charge is 0.410 e. The average molecular weight is 570 g/mol. The highest BCUT2D eigenvalue weighted by Crippen LogP contribution is 2.42. The largest absolute Gasteiger partial charge is 0.466 e. The number of rotatable bonds is 9. The molecule has 8 nitrogen and oxygen atoms in total. The Morgan fingerprint density at radius 2 is 1.66 bits per heavy atom. The first-order valence-corrected chi connectivity index (χ1v) is 16.6. The Labute approximate surface area is 233 Å². The molecule has 0 spiro atoms. The number of alkyl halides is 1. The molecule has 0 radical (unpaired) electrons. The van der Waals surface area contributed by atoms with Crippen LogP contribution in [0, 0.1) is 0 Å². The number of halogens is 1. The van der Waals surface area contributed by atoms with Crippen LogP contribution in [0.4, 0.5) is 4.79 Å². The van der Waals surface area contributed by atoms with Crippen molar-refractivity contribution in [2.24, 2.45) is 0 Å². The van der Waals surface area contributed by atoms with E-state index in [9.17, 15) is 14.4 Å². The van der Waals surface area contributed by atoms with Crippen LogP contribution >= 0.6 is 11.6 Å². The van der Waals surface area contributed by atoms with Crippen molar-refractivity contribution in [2.45, 2.75) is 103 Å². The molecule has 1 heterocycles. The molecule has 0 unspecified atom stereocenters. The third-order valence-electron chi connectivity index (χ3n) is 6.89. The van der Waals surface area contributed by atoms with E-state index in [2.05, 4.69) is 33.9 Å². The Kier molecular flexibility index (Phi) is 10.8. The lowest BCUT2D eigenvalue weighted by Crippen LogP contribution is -2.45. The van der Waals surface area contributed by atoms with E-state index in [1.165, 1.54) is 0 Å². The van der Waals surface area contributed by atoms with Gasteiger partial charge in [-0.05, 0) is 63.4 Å². The van der Waals surface area contributed by atoms with Gasteiger partial charge in [-0.1, -0.05) is 45.0 Å². The molecule has 1 amide bonds. The number of amides is 1. The Morgan fingerprint density at radius 1 is 1.05 bits per heavy atom. The van der Waals surface area contributed by atoms with Crippen LogP contribution in [0.15, 0.2) is 24.3 Å². The molecule has 0 aliphatic carbocycles. The van der Waals surface area contributed by atoms with Crippen molar-refractivity contribution in [1.29, 1.82) is 0 Å². The number of hydrogen-bond acceptors (Lipinski definition) is 7. The second-order valence-corrected chi connectivity index (χ2v) is 17.2. The van der Waals surface area contributed by atoms with Gasteiger partial charge in [0.15, 0.2) is 8.32 Å². The molecule has 0 aromatic heterocycles. The maximum Gasteiger partial charge on any atom is 0.410 e. The van der Waals surface area contributed by atoms with Crippen molar-refractivity contribution in [3.63, 3.8) is 0 Å². The SMILES string of the molecule is CCOC(=O)C[C@H](OC(=O)CCl)c1ccc([C@H]2C[C@@H](O[Si](C)(C)C(C)(C)C)CN2C(=O)OC(C)(C)C)cc1. The lowest BCUT2D eigenvalue weighted by atomic mass is 9.99. The van der Waals surface area contributed by atoms with Gasteiger partial charge in [-0.3, -0.25) is 14.5 Å². The molecule has 3 atom stereocenters. The lowest BCUT2D eigenvalue weighted by Gasteiger charge is -2.38. The topological polar surface area (TPSA) is 91.4 Å². The molecular weight excluding hydrogens is 526 g/mol. The van der Waals surface area contributed by atoms with Crippen LogP contribution in [0.1, 0.15) is 84.6 Å². The summed E-state index contributed by atoms with van der Waals surface area (Å²) in [5, 5.41) is 0.0396. The zero-order valence-electron chi connectivity index (χ0n) is 24.3. The summed E-state index contributed by atoms with van der Waals surface area (Å²) in [5.74, 6) is -1.41. The molecule has 1 aliphatic heterocycles. The highest BCUT2D eigenvalue weighted by Gasteiger charge is 2.45. The summed E-state index contributed by atoms with van der Waals surface area (Å²) in [4.78, 5) is 38.9. The fourth-order valence-corrected chi connectivity index (χ4v) is 5.46. The van der Waals surface area contributed by atoms with Gasteiger partial charge in [-0.15, -0.1) is 11.6 Å². The molecule has 0 N–H and O–H groups in total. The zero-order valence-corrected chi connectivity index (χ0v) is 26.0. The molecule has 10 heteroatoms. The number of ether oxygens (including phenoxy) is 3. The monoisotopic (exact) mass is 569 g/mol. The van der Waals surface area contributed by atoms with Crippen molar-refractivity contribution in [3.05, 3.63) is 35.4 Å². The molecule has 1 fully saturated rings. The Morgan fingerprint density at radius 3 is 2.16 bits per heavy atom. The number of carbonyl (C=O) groups is 3. The van der Waals surface area contributed by atoms with Crippen molar-refractivity contribution < 1.29 is 33.0 Å². The molecule has 1 saturated heterocycles. The highest BCUT2D eigenvalue weighted by atomic mass is 35.5. The molecule has 0 bridgehead atoms. The molecule has 2 rings (SSSR count). The highest BCUT2D eigenvalue weighted by molar-refractivity contribution is 6.74. The molecular formula is C28H44ClNO7Si. The molecule has 38 heavy (non-hydrogen) atoms. The standard InChI is InChI=1S/C28H44ClNO7Si/c1-10-34-24(31)16-23(35-25(32)17-29)20-13-11-19(12-14-20)22-15-21(37-38(8,9)28(5,6)7)18-30(22)26(33)36-27(2,3)4/h11-14,21-23H,10,15-18H2,1-9H3/t21-,22-,23+/m1/s1. The van der Waals surface area contributed by atoms with Gasteiger partial charge in [0.1, 0.15) is 17.6 Å². The Balaban J connectivity index is 2.33. The summed E-state index contributed by atoms with van der Waals surface area (Å²) < 4.78 is 22.9. The summed E-state index contributed by atoms with van der Waals surface area (Å²) in [6.45, 7) is 18.9. The zero-order chi connectivity index (χ0) is 28.9. The van der Waals surface area contributed by atoms with Crippen LogP contribution in [0.25, 0.3) is 0 Å². The summed E-state index contributed by atoms with van der Waals surface area (Å²) in [6.07, 6.45) is -0.808. The van der Waals surface area contributed by atoms with E-state index < -0.39 is 32.0 Å². The van der Waals surface area contributed by atoms with E-state index in [-0.39, 0.29) is 42.2 Å². The number of esters is 2. The normalized spacial score (nSPS) is 19.2. The van der Waals surface area contributed by atoms with Crippen LogP contribution in [0.3, 0.4) is 0 Å². The van der Waals surface area contributed by atoms with Crippen molar-refractivity contribution in [3.8, 4) is 0 Å². The Bertz CT molecular complexity index is 969. The maximum absolute atomic E-state index is 13.2. The minimum Gasteiger partial charge on any atom is -0.466 e. The predicted octanol–water partition coefficient (Wildman–Crippen LogP) is 6.54. The number of hydrogen-bond donors (Lipinski definition) is 0. The lowest BCUT2D eigenvalue weighted by molar-refractivity contribution is -0.153. The van der Waals surface area contributed by atoms with Crippen LogP contribution in [-0.2, 0) is 28.2 Å². The number of likely N-dealkylation sites (tertiary alicyclic amines) is 1. The molecule has 1 aromatic rings. The van der Waals surface area contributed by atoms with E-state index in [1.54, 1.807) is 24.0 Å². The summed E-state index contributed by atoms with van der Waals surface area (Å²) in [6, 6.07) is 7.13. The first-order chi connectivity index (χ1) is 17.5. The minimum atomic E-state index is -2.06. The molecule has 0 saturated carbocycles. The number of benzene rings is 1.